The van der Waals surface area contributed by atoms with E-state index in [-0.39, 0.29) is 5.75 Å². The van der Waals surface area contributed by atoms with Crippen LogP contribution >= 0.6 is 11.3 Å². The molecule has 0 amide bonds. The SMILES string of the molecule is COc1ccc(C(NCc2cccs2)C(=O)O)cc1O. The van der Waals surface area contributed by atoms with Gasteiger partial charge < -0.3 is 14.9 Å². The summed E-state index contributed by atoms with van der Waals surface area (Å²) < 4.78 is 4.94. The summed E-state index contributed by atoms with van der Waals surface area (Å²) in [5, 5.41) is 23.9. The Labute approximate surface area is 120 Å². The Morgan fingerprint density at radius 2 is 2.25 bits per heavy atom. The molecule has 1 heterocycles. The van der Waals surface area contributed by atoms with Crippen molar-refractivity contribution in [3.05, 3.63) is 46.2 Å². The second kappa shape index (κ2) is 6.40. The maximum atomic E-state index is 11.4. The van der Waals surface area contributed by atoms with Crippen molar-refractivity contribution in [2.75, 3.05) is 7.11 Å². The molecule has 0 aliphatic heterocycles. The first-order chi connectivity index (χ1) is 9.61. The fraction of sp³-hybridized carbons (Fsp3) is 0.214. The summed E-state index contributed by atoms with van der Waals surface area (Å²) in [6, 6.07) is 7.54. The molecule has 1 aromatic heterocycles. The standard InChI is InChI=1S/C14H15NO4S/c1-19-12-5-4-9(7-11(12)16)13(14(17)18)15-8-10-3-2-6-20-10/h2-7,13,15-16H,8H2,1H3,(H,17,18). The van der Waals surface area contributed by atoms with Gasteiger partial charge >= 0.3 is 5.97 Å². The van der Waals surface area contributed by atoms with E-state index in [0.29, 0.717) is 17.9 Å². The lowest BCUT2D eigenvalue weighted by Crippen LogP contribution is -2.27. The molecule has 2 aromatic rings. The molecule has 106 valence electrons. The number of carboxylic acid groups (broad SMARTS) is 1. The van der Waals surface area contributed by atoms with Gasteiger partial charge in [-0.05, 0) is 29.1 Å². The fourth-order valence-electron chi connectivity index (χ4n) is 1.85. The van der Waals surface area contributed by atoms with Crippen molar-refractivity contribution in [1.82, 2.24) is 5.32 Å². The van der Waals surface area contributed by atoms with E-state index in [4.69, 9.17) is 4.74 Å². The zero-order valence-electron chi connectivity index (χ0n) is 10.9. The summed E-state index contributed by atoms with van der Waals surface area (Å²) in [4.78, 5) is 12.4. The number of carbonyl (C=O) groups is 1. The molecule has 0 radical (unpaired) electrons. The van der Waals surface area contributed by atoms with Gasteiger partial charge in [0.05, 0.1) is 7.11 Å². The maximum absolute atomic E-state index is 11.4. The van der Waals surface area contributed by atoms with Crippen LogP contribution in [0.2, 0.25) is 0 Å². The second-order valence-electron chi connectivity index (χ2n) is 4.16. The number of aromatic hydroxyl groups is 1. The van der Waals surface area contributed by atoms with Crippen molar-refractivity contribution in [1.29, 1.82) is 0 Å². The number of phenolic OH excluding ortho intramolecular Hbond substituents is 1. The van der Waals surface area contributed by atoms with Crippen LogP contribution in [0.4, 0.5) is 0 Å². The predicted molar refractivity (Wildman–Crippen MR) is 76.2 cm³/mol. The van der Waals surface area contributed by atoms with E-state index in [1.54, 1.807) is 23.5 Å². The number of hydrogen-bond donors (Lipinski definition) is 3. The van der Waals surface area contributed by atoms with E-state index in [1.807, 2.05) is 17.5 Å². The average molecular weight is 293 g/mol. The van der Waals surface area contributed by atoms with Crippen LogP contribution < -0.4 is 10.1 Å². The Balaban J connectivity index is 2.15. The number of benzene rings is 1. The van der Waals surface area contributed by atoms with E-state index in [9.17, 15) is 15.0 Å². The molecule has 6 heteroatoms. The fourth-order valence-corrected chi connectivity index (χ4v) is 2.51. The summed E-state index contributed by atoms with van der Waals surface area (Å²) in [6.07, 6.45) is 0. The molecule has 0 spiro atoms. The topological polar surface area (TPSA) is 78.8 Å². The summed E-state index contributed by atoms with van der Waals surface area (Å²) >= 11 is 1.56. The van der Waals surface area contributed by atoms with Crippen LogP contribution in [0.5, 0.6) is 11.5 Å². The van der Waals surface area contributed by atoms with Crippen molar-refractivity contribution in [2.45, 2.75) is 12.6 Å². The summed E-state index contributed by atoms with van der Waals surface area (Å²) in [6.45, 7) is 0.460. The van der Waals surface area contributed by atoms with Gasteiger partial charge in [0.15, 0.2) is 11.5 Å². The van der Waals surface area contributed by atoms with E-state index >= 15 is 0 Å². The highest BCUT2D eigenvalue weighted by Crippen LogP contribution is 2.29. The van der Waals surface area contributed by atoms with Gasteiger partial charge in [-0.1, -0.05) is 12.1 Å². The van der Waals surface area contributed by atoms with Crippen molar-refractivity contribution >= 4 is 17.3 Å². The van der Waals surface area contributed by atoms with Crippen LogP contribution in [0.3, 0.4) is 0 Å². The molecule has 1 unspecified atom stereocenters. The molecule has 0 bridgehead atoms. The summed E-state index contributed by atoms with van der Waals surface area (Å²) in [7, 11) is 1.44. The Morgan fingerprint density at radius 1 is 1.45 bits per heavy atom. The Bertz CT molecular complexity index is 583. The minimum atomic E-state index is -0.994. The highest BCUT2D eigenvalue weighted by molar-refractivity contribution is 7.09. The molecular weight excluding hydrogens is 278 g/mol. The minimum Gasteiger partial charge on any atom is -0.504 e. The Hall–Kier alpha value is -2.05. The Kier molecular flexibility index (Phi) is 4.60. The van der Waals surface area contributed by atoms with Crippen molar-refractivity contribution in [3.8, 4) is 11.5 Å². The average Bonchev–Trinajstić information content (AvgIpc) is 2.92. The molecule has 0 aliphatic carbocycles. The van der Waals surface area contributed by atoms with Gasteiger partial charge in [0.1, 0.15) is 6.04 Å². The lowest BCUT2D eigenvalue weighted by Gasteiger charge is -2.15. The lowest BCUT2D eigenvalue weighted by molar-refractivity contribution is -0.139. The third kappa shape index (κ3) is 3.28. The summed E-state index contributed by atoms with van der Waals surface area (Å²) in [5.74, 6) is -0.753. The molecule has 3 N–H and O–H groups in total. The molecule has 2 rings (SSSR count). The molecule has 1 atom stereocenters. The van der Waals surface area contributed by atoms with Gasteiger partial charge in [-0.15, -0.1) is 11.3 Å². The first kappa shape index (κ1) is 14.4. The highest BCUT2D eigenvalue weighted by Gasteiger charge is 2.20. The molecule has 1 aromatic carbocycles. The van der Waals surface area contributed by atoms with Gasteiger partial charge in [-0.2, -0.15) is 0 Å². The van der Waals surface area contributed by atoms with Crippen molar-refractivity contribution in [2.24, 2.45) is 0 Å². The largest absolute Gasteiger partial charge is 0.504 e. The van der Waals surface area contributed by atoms with E-state index in [2.05, 4.69) is 5.32 Å². The number of phenols is 1. The third-order valence-corrected chi connectivity index (χ3v) is 3.72. The lowest BCUT2D eigenvalue weighted by atomic mass is 10.1. The number of methoxy groups -OCH3 is 1. The summed E-state index contributed by atoms with van der Waals surface area (Å²) in [5.41, 5.74) is 0.479. The smallest absolute Gasteiger partial charge is 0.325 e. The highest BCUT2D eigenvalue weighted by atomic mass is 32.1. The third-order valence-electron chi connectivity index (χ3n) is 2.84. The molecule has 0 aliphatic rings. The van der Waals surface area contributed by atoms with Gasteiger partial charge in [-0.25, -0.2) is 0 Å². The van der Waals surface area contributed by atoms with Crippen molar-refractivity contribution in [3.63, 3.8) is 0 Å². The monoisotopic (exact) mass is 293 g/mol. The molecule has 20 heavy (non-hydrogen) atoms. The first-order valence-electron chi connectivity index (χ1n) is 5.97. The molecule has 0 saturated heterocycles. The maximum Gasteiger partial charge on any atom is 0.325 e. The predicted octanol–water partition coefficient (Wildman–Crippen LogP) is 2.38. The van der Waals surface area contributed by atoms with E-state index in [1.165, 1.54) is 13.2 Å². The normalized spacial score (nSPS) is 12.1. The number of thiophene rings is 1. The zero-order valence-corrected chi connectivity index (χ0v) is 11.7. The van der Waals surface area contributed by atoms with E-state index in [0.717, 1.165) is 4.88 Å². The minimum absolute atomic E-state index is 0.0748. The number of ether oxygens (including phenoxy) is 1. The van der Waals surface area contributed by atoms with Crippen molar-refractivity contribution < 1.29 is 19.7 Å². The molecular formula is C14H15NO4S. The number of rotatable bonds is 6. The molecule has 5 nitrogen and oxygen atoms in total. The zero-order chi connectivity index (χ0) is 14.5. The van der Waals surface area contributed by atoms with Gasteiger partial charge in [0.2, 0.25) is 0 Å². The molecule has 0 saturated carbocycles. The van der Waals surface area contributed by atoms with Crippen LogP contribution in [-0.4, -0.2) is 23.3 Å². The quantitative estimate of drug-likeness (QED) is 0.762. The van der Waals surface area contributed by atoms with Crippen LogP contribution in [0, 0.1) is 0 Å². The van der Waals surface area contributed by atoms with Crippen LogP contribution in [-0.2, 0) is 11.3 Å². The van der Waals surface area contributed by atoms with Crippen LogP contribution in [0.25, 0.3) is 0 Å². The van der Waals surface area contributed by atoms with E-state index < -0.39 is 12.0 Å². The number of aliphatic carboxylic acids is 1. The van der Waals surface area contributed by atoms with Gasteiger partial charge in [0, 0.05) is 11.4 Å². The number of carboxylic acids is 1. The first-order valence-corrected chi connectivity index (χ1v) is 6.85. The van der Waals surface area contributed by atoms with Crippen LogP contribution in [0.15, 0.2) is 35.7 Å². The number of hydrogen-bond acceptors (Lipinski definition) is 5. The van der Waals surface area contributed by atoms with Crippen LogP contribution in [0.1, 0.15) is 16.5 Å². The Morgan fingerprint density at radius 3 is 2.80 bits per heavy atom. The van der Waals surface area contributed by atoms with Gasteiger partial charge in [-0.3, -0.25) is 10.1 Å². The van der Waals surface area contributed by atoms with Gasteiger partial charge in [0.25, 0.3) is 0 Å². The second-order valence-corrected chi connectivity index (χ2v) is 5.20. The number of nitrogens with one attached hydrogen (secondary N) is 1. The molecule has 0 fully saturated rings.